The second-order valence-electron chi connectivity index (χ2n) is 5.26. The van der Waals surface area contributed by atoms with Gasteiger partial charge in [-0.25, -0.2) is 0 Å². The third kappa shape index (κ3) is 5.17. The van der Waals surface area contributed by atoms with Gasteiger partial charge in [-0.05, 0) is 45.0 Å². The number of carbonyl (C=O) groups excluding carboxylic acids is 1. The summed E-state index contributed by atoms with van der Waals surface area (Å²) in [5.41, 5.74) is 0.338. The summed E-state index contributed by atoms with van der Waals surface area (Å²) in [4.78, 5) is 11.6. The van der Waals surface area contributed by atoms with E-state index < -0.39 is 5.60 Å². The van der Waals surface area contributed by atoms with E-state index in [0.717, 1.165) is 21.8 Å². The van der Waals surface area contributed by atoms with Gasteiger partial charge in [0.2, 0.25) is 5.89 Å². The lowest BCUT2D eigenvalue weighted by Gasteiger charge is -2.18. The van der Waals surface area contributed by atoms with Crippen molar-refractivity contribution in [1.29, 1.82) is 0 Å². The van der Waals surface area contributed by atoms with E-state index in [1.165, 1.54) is 0 Å². The van der Waals surface area contributed by atoms with Gasteiger partial charge >= 0.3 is 5.97 Å². The fourth-order valence-corrected chi connectivity index (χ4v) is 2.27. The van der Waals surface area contributed by atoms with Gasteiger partial charge < -0.3 is 9.15 Å². The first-order valence-corrected chi connectivity index (χ1v) is 8.05. The zero-order valence-electron chi connectivity index (χ0n) is 11.9. The Morgan fingerprint density at radius 1 is 1.29 bits per heavy atom. The molecule has 0 saturated heterocycles. The number of hydrogen-bond donors (Lipinski definition) is 0. The highest BCUT2D eigenvalue weighted by atomic mass is 79.9. The van der Waals surface area contributed by atoms with Crippen molar-refractivity contribution in [2.24, 2.45) is 0 Å². The summed E-state index contributed by atoms with van der Waals surface area (Å²) in [5, 5.41) is 8.22. The lowest BCUT2D eigenvalue weighted by atomic mass is 10.2. The third-order valence-corrected chi connectivity index (χ3v) is 3.55. The van der Waals surface area contributed by atoms with E-state index in [1.54, 1.807) is 0 Å². The largest absolute Gasteiger partial charge is 0.459 e. The fraction of sp³-hybridized carbons (Fsp3) is 0.357. The summed E-state index contributed by atoms with van der Waals surface area (Å²) in [7, 11) is 0. The van der Waals surface area contributed by atoms with Crippen molar-refractivity contribution in [1.82, 2.24) is 10.2 Å². The van der Waals surface area contributed by atoms with Gasteiger partial charge in [0.1, 0.15) is 11.4 Å². The molecule has 0 spiro atoms. The van der Waals surface area contributed by atoms with E-state index in [2.05, 4.69) is 26.1 Å². The summed E-state index contributed by atoms with van der Waals surface area (Å²) in [5.74, 6) is 0.254. The SMILES string of the molecule is CC(C)(C)OC(=O)CSc1nnc(-c2ccc(Br)cc2)o1. The standard InChI is InChI=1S/C14H15BrN2O3S/c1-14(2,3)20-11(18)8-21-13-17-16-12(19-13)9-4-6-10(15)7-5-9/h4-7H,8H2,1-3H3. The molecule has 2 aromatic rings. The molecule has 112 valence electrons. The van der Waals surface area contributed by atoms with Crippen molar-refractivity contribution in [3.63, 3.8) is 0 Å². The Balaban J connectivity index is 1.94. The molecular weight excluding hydrogens is 356 g/mol. The van der Waals surface area contributed by atoms with Crippen LogP contribution in [0.5, 0.6) is 0 Å². The molecule has 1 aromatic carbocycles. The second kappa shape index (κ2) is 6.62. The Hall–Kier alpha value is -1.34. The normalized spacial score (nSPS) is 11.4. The van der Waals surface area contributed by atoms with Gasteiger partial charge in [0.05, 0.1) is 0 Å². The summed E-state index contributed by atoms with van der Waals surface area (Å²) < 4.78 is 11.7. The number of thioether (sulfide) groups is 1. The number of ether oxygens (including phenoxy) is 1. The number of carbonyl (C=O) groups is 1. The van der Waals surface area contributed by atoms with E-state index in [9.17, 15) is 4.79 Å². The van der Waals surface area contributed by atoms with Crippen molar-refractivity contribution in [2.45, 2.75) is 31.6 Å². The van der Waals surface area contributed by atoms with Crippen LogP contribution in [0.25, 0.3) is 11.5 Å². The molecule has 2 rings (SSSR count). The average molecular weight is 371 g/mol. The van der Waals surface area contributed by atoms with Crippen LogP contribution in [0.15, 0.2) is 38.4 Å². The molecule has 21 heavy (non-hydrogen) atoms. The number of halogens is 1. The van der Waals surface area contributed by atoms with Gasteiger partial charge in [-0.2, -0.15) is 0 Å². The van der Waals surface area contributed by atoms with Crippen LogP contribution in [0.2, 0.25) is 0 Å². The fourth-order valence-electron chi connectivity index (χ4n) is 1.47. The summed E-state index contributed by atoms with van der Waals surface area (Å²) in [6, 6.07) is 7.54. The van der Waals surface area contributed by atoms with Crippen molar-refractivity contribution in [3.8, 4) is 11.5 Å². The van der Waals surface area contributed by atoms with E-state index in [4.69, 9.17) is 9.15 Å². The lowest BCUT2D eigenvalue weighted by molar-refractivity contribution is -0.151. The van der Waals surface area contributed by atoms with Crippen LogP contribution >= 0.6 is 27.7 Å². The van der Waals surface area contributed by atoms with Crippen LogP contribution in [0.4, 0.5) is 0 Å². The van der Waals surface area contributed by atoms with Gasteiger partial charge in [-0.3, -0.25) is 4.79 Å². The molecule has 5 nitrogen and oxygen atoms in total. The molecule has 0 radical (unpaired) electrons. The van der Waals surface area contributed by atoms with Crippen LogP contribution in [-0.4, -0.2) is 27.5 Å². The van der Waals surface area contributed by atoms with E-state index in [0.29, 0.717) is 11.1 Å². The van der Waals surface area contributed by atoms with Crippen LogP contribution in [0.1, 0.15) is 20.8 Å². The number of benzene rings is 1. The number of nitrogens with zero attached hydrogens (tertiary/aromatic N) is 2. The molecule has 0 aliphatic heterocycles. The smallest absolute Gasteiger partial charge is 0.316 e. The maximum atomic E-state index is 11.6. The average Bonchev–Trinajstić information content (AvgIpc) is 2.84. The Kier molecular flexibility index (Phi) is 5.05. The maximum absolute atomic E-state index is 11.6. The lowest BCUT2D eigenvalue weighted by Crippen LogP contribution is -2.24. The van der Waals surface area contributed by atoms with Crippen LogP contribution in [0, 0.1) is 0 Å². The summed E-state index contributed by atoms with van der Waals surface area (Å²) >= 11 is 4.53. The van der Waals surface area contributed by atoms with E-state index in [1.807, 2.05) is 45.0 Å². The molecule has 0 atom stereocenters. The summed E-state index contributed by atoms with van der Waals surface area (Å²) in [6.45, 7) is 5.48. The van der Waals surface area contributed by atoms with Crippen LogP contribution in [0.3, 0.4) is 0 Å². The van der Waals surface area contributed by atoms with Gasteiger partial charge in [-0.1, -0.05) is 27.7 Å². The Bertz CT molecular complexity index is 620. The quantitative estimate of drug-likeness (QED) is 0.599. The zero-order chi connectivity index (χ0) is 15.5. The minimum atomic E-state index is -0.491. The highest BCUT2D eigenvalue weighted by Gasteiger charge is 2.17. The van der Waals surface area contributed by atoms with Crippen LogP contribution in [-0.2, 0) is 9.53 Å². The van der Waals surface area contributed by atoms with Gasteiger partial charge in [0.15, 0.2) is 0 Å². The van der Waals surface area contributed by atoms with Gasteiger partial charge in [0, 0.05) is 10.0 Å². The number of esters is 1. The molecule has 1 aromatic heterocycles. The molecule has 0 aliphatic carbocycles. The Labute approximate surface area is 135 Å². The number of rotatable bonds is 4. The molecule has 0 fully saturated rings. The molecule has 0 N–H and O–H groups in total. The third-order valence-electron chi connectivity index (χ3n) is 2.23. The molecule has 0 saturated carbocycles. The predicted octanol–water partition coefficient (Wildman–Crippen LogP) is 3.93. The van der Waals surface area contributed by atoms with Gasteiger partial charge in [0.25, 0.3) is 5.22 Å². The van der Waals surface area contributed by atoms with Crippen molar-refractivity contribution < 1.29 is 13.9 Å². The first-order valence-electron chi connectivity index (χ1n) is 6.27. The summed E-state index contributed by atoms with van der Waals surface area (Å²) in [6.07, 6.45) is 0. The topological polar surface area (TPSA) is 65.2 Å². The van der Waals surface area contributed by atoms with Crippen molar-refractivity contribution >= 4 is 33.7 Å². The molecule has 0 bridgehead atoms. The first kappa shape index (κ1) is 16.0. The maximum Gasteiger partial charge on any atom is 0.316 e. The second-order valence-corrected chi connectivity index (χ2v) is 7.10. The van der Waals surface area contributed by atoms with Gasteiger partial charge in [-0.15, -0.1) is 10.2 Å². The zero-order valence-corrected chi connectivity index (χ0v) is 14.3. The Morgan fingerprint density at radius 3 is 2.57 bits per heavy atom. The molecule has 7 heteroatoms. The van der Waals surface area contributed by atoms with E-state index in [-0.39, 0.29) is 11.7 Å². The molecule has 1 heterocycles. The molecule has 0 unspecified atom stereocenters. The Morgan fingerprint density at radius 2 is 1.95 bits per heavy atom. The van der Waals surface area contributed by atoms with Crippen molar-refractivity contribution in [3.05, 3.63) is 28.7 Å². The highest BCUT2D eigenvalue weighted by molar-refractivity contribution is 9.10. The molecule has 0 aliphatic rings. The number of aromatic nitrogens is 2. The highest BCUT2D eigenvalue weighted by Crippen LogP contribution is 2.24. The first-order chi connectivity index (χ1) is 9.83. The van der Waals surface area contributed by atoms with E-state index >= 15 is 0 Å². The van der Waals surface area contributed by atoms with Crippen molar-refractivity contribution in [2.75, 3.05) is 5.75 Å². The predicted molar refractivity (Wildman–Crippen MR) is 84.0 cm³/mol. The monoisotopic (exact) mass is 370 g/mol. The minimum absolute atomic E-state index is 0.138. The molecular formula is C14H15BrN2O3S. The van der Waals surface area contributed by atoms with Crippen LogP contribution < -0.4 is 0 Å². The minimum Gasteiger partial charge on any atom is -0.459 e. The molecule has 0 amide bonds. The number of hydrogen-bond acceptors (Lipinski definition) is 6.